The molecule has 0 amide bonds. The van der Waals surface area contributed by atoms with Crippen molar-refractivity contribution >= 4 is 11.9 Å². The maximum absolute atomic E-state index is 14.3. The minimum absolute atomic E-state index is 0.156. The van der Waals surface area contributed by atoms with E-state index in [1.165, 1.54) is 33.3 Å². The van der Waals surface area contributed by atoms with Gasteiger partial charge < -0.3 is 9.47 Å². The highest BCUT2D eigenvalue weighted by Crippen LogP contribution is 2.60. The second-order valence-corrected chi connectivity index (χ2v) is 12.4. The van der Waals surface area contributed by atoms with Gasteiger partial charge in [0, 0.05) is 26.7 Å². The van der Waals surface area contributed by atoms with Crippen LogP contribution in [0.15, 0.2) is 35.5 Å². The van der Waals surface area contributed by atoms with E-state index in [9.17, 15) is 18.4 Å². The highest BCUT2D eigenvalue weighted by atomic mass is 19.2. The first-order chi connectivity index (χ1) is 17.2. The minimum Gasteiger partial charge on any atom is -0.462 e. The molecule has 0 bridgehead atoms. The molecule has 0 radical (unpaired) electrons. The molecule has 0 aromatic rings. The first-order valence-electron chi connectivity index (χ1n) is 14.0. The lowest BCUT2D eigenvalue weighted by atomic mass is 9.60. The Hall–Kier alpha value is -1.98. The van der Waals surface area contributed by atoms with Gasteiger partial charge in [0.15, 0.2) is 0 Å². The number of rotatable bonds is 8. The Morgan fingerprint density at radius 2 is 1.84 bits per heavy atom. The van der Waals surface area contributed by atoms with Crippen LogP contribution < -0.4 is 0 Å². The van der Waals surface area contributed by atoms with Crippen LogP contribution in [0.5, 0.6) is 0 Å². The molecule has 0 N–H and O–H groups in total. The lowest BCUT2D eigenvalue weighted by Gasteiger charge is -2.44. The molecule has 3 aliphatic rings. The number of ether oxygens (including phenoxy) is 2. The van der Waals surface area contributed by atoms with Gasteiger partial charge in [-0.2, -0.15) is 0 Å². The zero-order valence-electron chi connectivity index (χ0n) is 23.6. The van der Waals surface area contributed by atoms with E-state index in [4.69, 9.17) is 9.47 Å². The Labute approximate surface area is 221 Å². The Bertz CT molecular complexity index is 930. The first-order valence-corrected chi connectivity index (χ1v) is 14.0. The second kappa shape index (κ2) is 11.8. The van der Waals surface area contributed by atoms with Crippen LogP contribution in [0.3, 0.4) is 0 Å². The molecule has 4 nitrogen and oxygen atoms in total. The van der Waals surface area contributed by atoms with E-state index in [1.807, 2.05) is 0 Å². The normalized spacial score (nSPS) is 34.2. The van der Waals surface area contributed by atoms with E-state index in [2.05, 4.69) is 32.6 Å². The van der Waals surface area contributed by atoms with E-state index in [-0.39, 0.29) is 29.9 Å². The monoisotopic (exact) mass is 520 g/mol. The van der Waals surface area contributed by atoms with Crippen molar-refractivity contribution in [3.8, 4) is 0 Å². The Balaban J connectivity index is 1.76. The summed E-state index contributed by atoms with van der Waals surface area (Å²) in [6.45, 7) is 14.2. The number of esters is 2. The number of hydrogen-bond donors (Lipinski definition) is 0. The van der Waals surface area contributed by atoms with Crippen LogP contribution in [0.1, 0.15) is 99.3 Å². The fraction of sp³-hybridized carbons (Fsp3) is 0.742. The molecule has 0 spiro atoms. The quantitative estimate of drug-likeness (QED) is 0.307. The standard InChI is InChI=1S/C31H46F2O4/c1-19(10-15-29(32)30(5,6)33)26-13-14-27-23(9-8-16-31(26,27)7)11-12-24-17-25(36-21(3)34)18-28(20(24)2)37-22(4)35/h11-12,19,25-29H,2,8-10,13-18H2,1,3-7H3/b23-11?,24-12-/t19-,25-,26-,27?,28-,29?,31-/m1/s1. The molecule has 0 aromatic carbocycles. The highest BCUT2D eigenvalue weighted by Gasteiger charge is 2.50. The maximum atomic E-state index is 14.3. The smallest absolute Gasteiger partial charge is 0.303 e. The van der Waals surface area contributed by atoms with Crippen molar-refractivity contribution in [2.45, 2.75) is 123 Å². The van der Waals surface area contributed by atoms with Crippen molar-refractivity contribution in [1.29, 1.82) is 0 Å². The van der Waals surface area contributed by atoms with Gasteiger partial charge in [0.2, 0.25) is 0 Å². The average molecular weight is 521 g/mol. The average Bonchev–Trinajstić information content (AvgIpc) is 3.14. The van der Waals surface area contributed by atoms with Gasteiger partial charge in [0.25, 0.3) is 0 Å². The summed E-state index contributed by atoms with van der Waals surface area (Å²) >= 11 is 0. The number of alkyl halides is 2. The molecule has 2 unspecified atom stereocenters. The molecule has 7 atom stereocenters. The molecule has 3 rings (SSSR count). The number of halogens is 2. The molecular formula is C31H46F2O4. The van der Waals surface area contributed by atoms with Crippen LogP contribution >= 0.6 is 0 Å². The predicted octanol–water partition coefficient (Wildman–Crippen LogP) is 7.77. The van der Waals surface area contributed by atoms with Crippen LogP contribution in [0.2, 0.25) is 0 Å². The summed E-state index contributed by atoms with van der Waals surface area (Å²) in [5, 5.41) is 0. The van der Waals surface area contributed by atoms with Crippen LogP contribution in [0, 0.1) is 23.2 Å². The number of allylic oxidation sites excluding steroid dienone is 3. The molecule has 0 saturated heterocycles. The van der Waals surface area contributed by atoms with Crippen molar-refractivity contribution in [2.24, 2.45) is 23.2 Å². The molecular weight excluding hydrogens is 474 g/mol. The summed E-state index contributed by atoms with van der Waals surface area (Å²) in [4.78, 5) is 23.2. The van der Waals surface area contributed by atoms with E-state index in [0.717, 1.165) is 43.3 Å². The maximum Gasteiger partial charge on any atom is 0.303 e. The van der Waals surface area contributed by atoms with Crippen molar-refractivity contribution in [3.63, 3.8) is 0 Å². The molecule has 6 heteroatoms. The number of carbonyl (C=O) groups is 2. The lowest BCUT2D eigenvalue weighted by Crippen LogP contribution is -2.36. The van der Waals surface area contributed by atoms with E-state index >= 15 is 0 Å². The van der Waals surface area contributed by atoms with Gasteiger partial charge in [0.05, 0.1) is 0 Å². The summed E-state index contributed by atoms with van der Waals surface area (Å²) in [5.41, 5.74) is 1.51. The largest absolute Gasteiger partial charge is 0.462 e. The topological polar surface area (TPSA) is 52.6 Å². The Morgan fingerprint density at radius 3 is 2.46 bits per heavy atom. The Morgan fingerprint density at radius 1 is 1.16 bits per heavy atom. The third kappa shape index (κ3) is 7.11. The van der Waals surface area contributed by atoms with E-state index < -0.39 is 17.9 Å². The molecule has 0 aliphatic heterocycles. The zero-order chi connectivity index (χ0) is 27.5. The van der Waals surface area contributed by atoms with Gasteiger partial charge >= 0.3 is 11.9 Å². The van der Waals surface area contributed by atoms with Gasteiger partial charge in [-0.3, -0.25) is 9.59 Å². The Kier molecular flexibility index (Phi) is 9.45. The van der Waals surface area contributed by atoms with Gasteiger partial charge in [-0.15, -0.1) is 0 Å². The van der Waals surface area contributed by atoms with Gasteiger partial charge in [-0.1, -0.05) is 38.2 Å². The lowest BCUT2D eigenvalue weighted by molar-refractivity contribution is -0.152. The molecule has 3 aliphatic carbocycles. The summed E-state index contributed by atoms with van der Waals surface area (Å²) < 4.78 is 39.3. The second-order valence-electron chi connectivity index (χ2n) is 12.4. The minimum atomic E-state index is -1.79. The molecule has 3 saturated carbocycles. The van der Waals surface area contributed by atoms with Crippen LogP contribution in [-0.4, -0.2) is 36.0 Å². The highest BCUT2D eigenvalue weighted by molar-refractivity contribution is 5.67. The van der Waals surface area contributed by atoms with Gasteiger partial charge in [-0.25, -0.2) is 8.78 Å². The predicted molar refractivity (Wildman–Crippen MR) is 142 cm³/mol. The number of hydrogen-bond acceptors (Lipinski definition) is 4. The third-order valence-corrected chi connectivity index (χ3v) is 9.21. The number of carbonyl (C=O) groups excluding carboxylic acids is 2. The van der Waals surface area contributed by atoms with Crippen LogP contribution in [-0.2, 0) is 19.1 Å². The van der Waals surface area contributed by atoms with Gasteiger partial charge in [0.1, 0.15) is 24.0 Å². The van der Waals surface area contributed by atoms with E-state index in [1.54, 1.807) is 0 Å². The third-order valence-electron chi connectivity index (χ3n) is 9.21. The molecule has 0 aromatic heterocycles. The fourth-order valence-corrected chi connectivity index (χ4v) is 7.24. The summed E-state index contributed by atoms with van der Waals surface area (Å²) in [7, 11) is 0. The van der Waals surface area contributed by atoms with Crippen molar-refractivity contribution in [2.75, 3.05) is 0 Å². The SMILES string of the molecule is C=C1/C(=C\C=C2CCC[C@@]3(C)C2CC[C@@H]3[C@H](C)CCC(F)C(C)(C)F)C[C@@H](OC(C)=O)C[C@H]1OC(C)=O. The van der Waals surface area contributed by atoms with Crippen LogP contribution in [0.4, 0.5) is 8.78 Å². The fourth-order valence-electron chi connectivity index (χ4n) is 7.24. The van der Waals surface area contributed by atoms with E-state index in [0.29, 0.717) is 37.0 Å². The van der Waals surface area contributed by atoms with Crippen LogP contribution in [0.25, 0.3) is 0 Å². The molecule has 208 valence electrons. The first kappa shape index (κ1) is 29.6. The summed E-state index contributed by atoms with van der Waals surface area (Å²) in [6, 6.07) is 0. The number of fused-ring (bicyclic) bond motifs is 1. The summed E-state index contributed by atoms with van der Waals surface area (Å²) in [5.74, 6) is 0.584. The van der Waals surface area contributed by atoms with Crippen molar-refractivity contribution in [1.82, 2.24) is 0 Å². The van der Waals surface area contributed by atoms with Crippen molar-refractivity contribution in [3.05, 3.63) is 35.5 Å². The molecule has 0 heterocycles. The molecule has 3 fully saturated rings. The zero-order valence-corrected chi connectivity index (χ0v) is 23.6. The molecule has 37 heavy (non-hydrogen) atoms. The van der Waals surface area contributed by atoms with Gasteiger partial charge in [-0.05, 0) is 93.1 Å². The van der Waals surface area contributed by atoms with Crippen molar-refractivity contribution < 1.29 is 27.8 Å². The summed E-state index contributed by atoms with van der Waals surface area (Å²) in [6.07, 6.45) is 9.52.